The van der Waals surface area contributed by atoms with Crippen LogP contribution >= 0.6 is 0 Å². The van der Waals surface area contributed by atoms with Crippen molar-refractivity contribution in [2.24, 2.45) is 11.0 Å². The molecule has 1 saturated heterocycles. The number of rotatable bonds is 4. The van der Waals surface area contributed by atoms with E-state index in [1.807, 2.05) is 24.3 Å². The number of hydrogen-bond acceptors (Lipinski definition) is 5. The van der Waals surface area contributed by atoms with Gasteiger partial charge in [0.1, 0.15) is 6.33 Å². The maximum Gasteiger partial charge on any atom is 0.227 e. The normalized spacial score (nSPS) is 17.8. The second kappa shape index (κ2) is 5.59. The number of hydrogen-bond donors (Lipinski definition) is 0. The lowest BCUT2D eigenvalue weighted by Gasteiger charge is -2.17. The van der Waals surface area contributed by atoms with Crippen LogP contribution in [0.5, 0.6) is 0 Å². The van der Waals surface area contributed by atoms with Crippen LogP contribution in [-0.2, 0) is 4.79 Å². The number of azide groups is 1. The highest BCUT2D eigenvalue weighted by Gasteiger charge is 2.30. The summed E-state index contributed by atoms with van der Waals surface area (Å²) in [6, 6.07) is 7.42. The first-order valence-electron chi connectivity index (χ1n) is 6.42. The van der Waals surface area contributed by atoms with Crippen molar-refractivity contribution in [3.8, 4) is 5.69 Å². The molecular weight excluding hydrogens is 272 g/mol. The third kappa shape index (κ3) is 2.67. The molecule has 9 heteroatoms. The van der Waals surface area contributed by atoms with E-state index in [0.29, 0.717) is 19.5 Å². The van der Waals surface area contributed by atoms with Gasteiger partial charge in [-0.3, -0.25) is 4.79 Å². The lowest BCUT2D eigenvalue weighted by atomic mass is 10.1. The Morgan fingerprint density at radius 1 is 1.43 bits per heavy atom. The SMILES string of the molecule is [N-]=[N+]=NCC1CC(=O)N(c2cccc(-n3cnnn3)c2)C1. The van der Waals surface area contributed by atoms with Crippen LogP contribution in [0.15, 0.2) is 35.7 Å². The molecule has 0 bridgehead atoms. The molecule has 0 radical (unpaired) electrons. The zero-order valence-corrected chi connectivity index (χ0v) is 11.1. The van der Waals surface area contributed by atoms with E-state index in [4.69, 9.17) is 5.53 Å². The molecule has 0 aliphatic carbocycles. The van der Waals surface area contributed by atoms with Gasteiger partial charge < -0.3 is 4.90 Å². The van der Waals surface area contributed by atoms with Gasteiger partial charge in [-0.05, 0) is 40.1 Å². The number of carbonyl (C=O) groups is 1. The summed E-state index contributed by atoms with van der Waals surface area (Å²) in [6.45, 7) is 0.891. The summed E-state index contributed by atoms with van der Waals surface area (Å²) in [4.78, 5) is 16.5. The molecule has 3 rings (SSSR count). The van der Waals surface area contributed by atoms with Gasteiger partial charge >= 0.3 is 0 Å². The average molecular weight is 284 g/mol. The van der Waals surface area contributed by atoms with Gasteiger partial charge in [-0.2, -0.15) is 0 Å². The third-order valence-electron chi connectivity index (χ3n) is 3.36. The zero-order valence-electron chi connectivity index (χ0n) is 11.1. The standard InChI is InChI=1S/C12H12N8O/c13-16-14-6-9-4-12(21)19(7-9)10-2-1-3-11(5-10)20-8-15-17-18-20/h1-3,5,8-9H,4,6-7H2. The highest BCUT2D eigenvalue weighted by molar-refractivity contribution is 5.96. The minimum absolute atomic E-state index is 0.0296. The summed E-state index contributed by atoms with van der Waals surface area (Å²) in [5.74, 6) is 0.0899. The number of benzene rings is 1. The van der Waals surface area contributed by atoms with E-state index in [-0.39, 0.29) is 11.8 Å². The van der Waals surface area contributed by atoms with Crippen LogP contribution < -0.4 is 4.90 Å². The smallest absolute Gasteiger partial charge is 0.227 e. The number of aromatic nitrogens is 4. The Morgan fingerprint density at radius 2 is 2.29 bits per heavy atom. The average Bonchev–Trinajstić information content (AvgIpc) is 3.15. The van der Waals surface area contributed by atoms with Gasteiger partial charge in [-0.25, -0.2) is 4.68 Å². The largest absolute Gasteiger partial charge is 0.312 e. The van der Waals surface area contributed by atoms with E-state index in [0.717, 1.165) is 11.4 Å². The lowest BCUT2D eigenvalue weighted by Crippen LogP contribution is -2.24. The predicted octanol–water partition coefficient (Wildman–Crippen LogP) is 1.33. The van der Waals surface area contributed by atoms with Crippen LogP contribution in [0.4, 0.5) is 5.69 Å². The Labute approximate surface area is 119 Å². The Kier molecular flexibility index (Phi) is 3.48. The molecule has 0 spiro atoms. The Bertz CT molecular complexity index is 691. The van der Waals surface area contributed by atoms with Gasteiger partial charge in [0, 0.05) is 30.1 Å². The highest BCUT2D eigenvalue weighted by atomic mass is 16.2. The van der Waals surface area contributed by atoms with Crippen LogP contribution in [0, 0.1) is 5.92 Å². The lowest BCUT2D eigenvalue weighted by molar-refractivity contribution is -0.117. The van der Waals surface area contributed by atoms with Crippen LogP contribution in [0.1, 0.15) is 6.42 Å². The molecule has 1 aliphatic rings. The molecule has 1 atom stereocenters. The van der Waals surface area contributed by atoms with Crippen LogP contribution in [0.3, 0.4) is 0 Å². The van der Waals surface area contributed by atoms with Crippen molar-refractivity contribution in [3.63, 3.8) is 0 Å². The van der Waals surface area contributed by atoms with Crippen LogP contribution in [0.2, 0.25) is 0 Å². The number of carbonyl (C=O) groups excluding carboxylic acids is 1. The monoisotopic (exact) mass is 284 g/mol. The fraction of sp³-hybridized carbons (Fsp3) is 0.333. The van der Waals surface area contributed by atoms with E-state index in [9.17, 15) is 4.79 Å². The molecule has 0 N–H and O–H groups in total. The number of nitrogens with zero attached hydrogens (tertiary/aromatic N) is 8. The zero-order chi connectivity index (χ0) is 14.7. The van der Waals surface area contributed by atoms with E-state index < -0.39 is 0 Å². The van der Waals surface area contributed by atoms with Gasteiger partial charge in [-0.15, -0.1) is 5.10 Å². The van der Waals surface area contributed by atoms with Crippen LogP contribution in [0.25, 0.3) is 16.1 Å². The third-order valence-corrected chi connectivity index (χ3v) is 3.36. The molecule has 9 nitrogen and oxygen atoms in total. The second-order valence-electron chi connectivity index (χ2n) is 4.76. The van der Waals surface area contributed by atoms with E-state index in [2.05, 4.69) is 25.6 Å². The first-order chi connectivity index (χ1) is 10.3. The van der Waals surface area contributed by atoms with Crippen molar-refractivity contribution in [2.45, 2.75) is 6.42 Å². The van der Waals surface area contributed by atoms with Gasteiger partial charge in [0.15, 0.2) is 0 Å². The molecule has 1 unspecified atom stereocenters. The molecule has 0 saturated carbocycles. The quantitative estimate of drug-likeness (QED) is 0.478. The van der Waals surface area contributed by atoms with Crippen molar-refractivity contribution in [3.05, 3.63) is 41.0 Å². The van der Waals surface area contributed by atoms with Crippen molar-refractivity contribution in [2.75, 3.05) is 18.0 Å². The molecule has 21 heavy (non-hydrogen) atoms. The summed E-state index contributed by atoms with van der Waals surface area (Å²) in [6.07, 6.45) is 1.89. The summed E-state index contributed by atoms with van der Waals surface area (Å²) >= 11 is 0. The van der Waals surface area contributed by atoms with Crippen molar-refractivity contribution in [1.82, 2.24) is 20.2 Å². The first kappa shape index (κ1) is 13.1. The Balaban J connectivity index is 1.82. The molecular formula is C12H12N8O. The Hall–Kier alpha value is -2.93. The summed E-state index contributed by atoms with van der Waals surface area (Å²) in [5, 5.41) is 14.6. The Morgan fingerprint density at radius 3 is 3.05 bits per heavy atom. The van der Waals surface area contributed by atoms with Crippen molar-refractivity contribution in [1.29, 1.82) is 0 Å². The first-order valence-corrected chi connectivity index (χ1v) is 6.42. The molecule has 1 amide bonds. The molecule has 1 aromatic carbocycles. The van der Waals surface area contributed by atoms with E-state index in [1.165, 1.54) is 11.0 Å². The second-order valence-corrected chi connectivity index (χ2v) is 4.76. The van der Waals surface area contributed by atoms with Crippen molar-refractivity contribution >= 4 is 11.6 Å². The molecule has 106 valence electrons. The fourth-order valence-electron chi connectivity index (χ4n) is 2.39. The van der Waals surface area contributed by atoms with E-state index in [1.54, 1.807) is 4.90 Å². The minimum atomic E-state index is 0.0296. The number of tetrazole rings is 1. The maximum atomic E-state index is 12.1. The van der Waals surface area contributed by atoms with Crippen molar-refractivity contribution < 1.29 is 4.79 Å². The predicted molar refractivity (Wildman–Crippen MR) is 73.6 cm³/mol. The fourth-order valence-corrected chi connectivity index (χ4v) is 2.39. The molecule has 2 aromatic rings. The molecule has 1 fully saturated rings. The summed E-state index contributed by atoms with van der Waals surface area (Å²) < 4.78 is 1.53. The van der Waals surface area contributed by atoms with Crippen LogP contribution in [-0.4, -0.2) is 39.2 Å². The topological polar surface area (TPSA) is 113 Å². The van der Waals surface area contributed by atoms with Gasteiger partial charge in [0.2, 0.25) is 5.91 Å². The molecule has 1 aromatic heterocycles. The van der Waals surface area contributed by atoms with Gasteiger partial charge in [0.25, 0.3) is 0 Å². The summed E-state index contributed by atoms with van der Waals surface area (Å²) in [7, 11) is 0. The van der Waals surface area contributed by atoms with Gasteiger partial charge in [-0.1, -0.05) is 11.2 Å². The van der Waals surface area contributed by atoms with Gasteiger partial charge in [0.05, 0.1) is 5.69 Å². The van der Waals surface area contributed by atoms with E-state index >= 15 is 0 Å². The maximum absolute atomic E-state index is 12.1. The highest BCUT2D eigenvalue weighted by Crippen LogP contribution is 2.26. The molecule has 2 heterocycles. The molecule has 1 aliphatic heterocycles. The summed E-state index contributed by atoms with van der Waals surface area (Å²) in [5.41, 5.74) is 9.93. The number of amides is 1. The minimum Gasteiger partial charge on any atom is -0.312 e. The number of anilines is 1.